The van der Waals surface area contributed by atoms with Gasteiger partial charge in [0.05, 0.1) is 0 Å². The average molecular weight is 405 g/mol. The Morgan fingerprint density at radius 1 is 0.750 bits per heavy atom. The number of ether oxygens (including phenoxy) is 1. The van der Waals surface area contributed by atoms with E-state index in [1.54, 1.807) is 24.3 Å². The van der Waals surface area contributed by atoms with Crippen LogP contribution in [0.2, 0.25) is 5.02 Å². The number of hydrogen-bond donors (Lipinski definition) is 0. The minimum atomic E-state index is -4.71. The van der Waals surface area contributed by atoms with E-state index in [9.17, 15) is 18.0 Å². The Bertz CT molecular complexity index is 932. The van der Waals surface area contributed by atoms with Gasteiger partial charge in [-0.3, -0.25) is 4.79 Å². The number of alkyl halides is 3. The van der Waals surface area contributed by atoms with Crippen molar-refractivity contribution >= 4 is 17.4 Å². The largest absolute Gasteiger partial charge is 0.573 e. The van der Waals surface area contributed by atoms with Crippen LogP contribution in [0.3, 0.4) is 0 Å². The fourth-order valence-electron chi connectivity index (χ4n) is 2.78. The Kier molecular flexibility index (Phi) is 6.05. The quantitative estimate of drug-likeness (QED) is 0.484. The maximum Gasteiger partial charge on any atom is 0.573 e. The van der Waals surface area contributed by atoms with E-state index in [-0.39, 0.29) is 11.5 Å². The minimum absolute atomic E-state index is 0.0868. The number of carbonyl (C=O) groups excluding carboxylic acids is 1. The topological polar surface area (TPSA) is 26.3 Å². The highest BCUT2D eigenvalue weighted by atomic mass is 35.5. The molecule has 0 fully saturated rings. The summed E-state index contributed by atoms with van der Waals surface area (Å²) in [5, 5.41) is 0.629. The number of carbonyl (C=O) groups is 1. The Morgan fingerprint density at radius 3 is 1.64 bits per heavy atom. The molecule has 0 saturated carbocycles. The molecule has 0 aliphatic carbocycles. The van der Waals surface area contributed by atoms with Gasteiger partial charge in [0.2, 0.25) is 0 Å². The van der Waals surface area contributed by atoms with Crippen molar-refractivity contribution in [3.63, 3.8) is 0 Å². The third-order valence-electron chi connectivity index (χ3n) is 4.09. The third-order valence-corrected chi connectivity index (χ3v) is 4.34. The predicted octanol–water partition coefficient (Wildman–Crippen LogP) is 6.26. The predicted molar refractivity (Wildman–Crippen MR) is 102 cm³/mol. The number of benzene rings is 3. The van der Waals surface area contributed by atoms with Crippen LogP contribution in [-0.4, -0.2) is 12.1 Å². The summed E-state index contributed by atoms with van der Waals surface area (Å²) in [5.74, 6) is -0.176. The highest BCUT2D eigenvalue weighted by molar-refractivity contribution is 6.30. The van der Waals surface area contributed by atoms with Crippen molar-refractivity contribution in [1.82, 2.24) is 0 Å². The first kappa shape index (κ1) is 20.0. The SMILES string of the molecule is O=C(Cc1ccc(Cl)cc1)Cc1ccc(-c2ccc(OC(F)(F)F)cc2)cc1. The van der Waals surface area contributed by atoms with Crippen molar-refractivity contribution in [2.75, 3.05) is 0 Å². The number of Topliss-reactive ketones (excluding diaryl/α,β-unsaturated/α-hetero) is 1. The molecule has 3 rings (SSSR count). The average Bonchev–Trinajstić information content (AvgIpc) is 2.64. The van der Waals surface area contributed by atoms with Gasteiger partial charge in [0.1, 0.15) is 11.5 Å². The van der Waals surface area contributed by atoms with Crippen LogP contribution in [0, 0.1) is 0 Å². The molecule has 3 aromatic carbocycles. The maximum atomic E-state index is 12.2. The molecule has 0 aliphatic rings. The van der Waals surface area contributed by atoms with Crippen molar-refractivity contribution in [2.24, 2.45) is 0 Å². The van der Waals surface area contributed by atoms with Gasteiger partial charge in [-0.2, -0.15) is 0 Å². The zero-order valence-corrected chi connectivity index (χ0v) is 15.4. The fraction of sp³-hybridized carbons (Fsp3) is 0.136. The van der Waals surface area contributed by atoms with Crippen LogP contribution < -0.4 is 4.74 Å². The lowest BCUT2D eigenvalue weighted by molar-refractivity contribution is -0.274. The van der Waals surface area contributed by atoms with Crippen molar-refractivity contribution < 1.29 is 22.7 Å². The fourth-order valence-corrected chi connectivity index (χ4v) is 2.91. The van der Waals surface area contributed by atoms with Gasteiger partial charge in [-0.1, -0.05) is 60.1 Å². The molecule has 2 nitrogen and oxygen atoms in total. The second-order valence-electron chi connectivity index (χ2n) is 6.29. The van der Waals surface area contributed by atoms with Crippen LogP contribution in [0.1, 0.15) is 11.1 Å². The Balaban J connectivity index is 1.61. The first-order chi connectivity index (χ1) is 13.3. The second-order valence-corrected chi connectivity index (χ2v) is 6.72. The zero-order chi connectivity index (χ0) is 20.1. The zero-order valence-electron chi connectivity index (χ0n) is 14.7. The van der Waals surface area contributed by atoms with E-state index >= 15 is 0 Å². The highest BCUT2D eigenvalue weighted by Crippen LogP contribution is 2.26. The Hall–Kier alpha value is -2.79. The van der Waals surface area contributed by atoms with Crippen LogP contribution in [0.25, 0.3) is 11.1 Å². The summed E-state index contributed by atoms with van der Waals surface area (Å²) in [6, 6.07) is 20.2. The molecule has 0 spiro atoms. The molecule has 3 aromatic rings. The summed E-state index contributed by atoms with van der Waals surface area (Å²) >= 11 is 5.84. The highest BCUT2D eigenvalue weighted by Gasteiger charge is 2.30. The molecular formula is C22H16ClF3O2. The van der Waals surface area contributed by atoms with Crippen LogP contribution in [0.5, 0.6) is 5.75 Å². The Morgan fingerprint density at radius 2 is 1.18 bits per heavy atom. The lowest BCUT2D eigenvalue weighted by Crippen LogP contribution is -2.16. The number of hydrogen-bond acceptors (Lipinski definition) is 2. The normalized spacial score (nSPS) is 11.3. The standard InChI is InChI=1S/C22H16ClF3O2/c23-19-9-3-16(4-10-19)14-20(27)13-15-1-5-17(6-2-15)18-7-11-21(12-8-18)28-22(24,25)26/h1-12H,13-14H2. The van der Waals surface area contributed by atoms with E-state index in [4.69, 9.17) is 11.6 Å². The second kappa shape index (κ2) is 8.48. The summed E-state index contributed by atoms with van der Waals surface area (Å²) in [6.07, 6.45) is -4.07. The smallest absolute Gasteiger partial charge is 0.406 e. The molecule has 28 heavy (non-hydrogen) atoms. The monoisotopic (exact) mass is 404 g/mol. The summed E-state index contributed by atoms with van der Waals surface area (Å²) in [7, 11) is 0. The first-order valence-electron chi connectivity index (χ1n) is 8.50. The molecule has 0 heterocycles. The molecule has 144 valence electrons. The van der Waals surface area contributed by atoms with Crippen molar-refractivity contribution in [3.8, 4) is 16.9 Å². The van der Waals surface area contributed by atoms with Crippen molar-refractivity contribution in [1.29, 1.82) is 0 Å². The molecule has 0 atom stereocenters. The summed E-state index contributed by atoms with van der Waals surface area (Å²) < 4.78 is 40.5. The van der Waals surface area contributed by atoms with Crippen molar-refractivity contribution in [3.05, 3.63) is 88.9 Å². The van der Waals surface area contributed by atoms with Gasteiger partial charge >= 0.3 is 6.36 Å². The van der Waals surface area contributed by atoms with Crippen LogP contribution >= 0.6 is 11.6 Å². The summed E-state index contributed by atoms with van der Waals surface area (Å²) in [5.41, 5.74) is 3.38. The van der Waals surface area contributed by atoms with Gasteiger partial charge < -0.3 is 4.74 Å². The summed E-state index contributed by atoms with van der Waals surface area (Å²) in [6.45, 7) is 0. The molecule has 0 aliphatic heterocycles. The van der Waals surface area contributed by atoms with Crippen LogP contribution in [0.15, 0.2) is 72.8 Å². The molecule has 0 amide bonds. The number of halogens is 4. The van der Waals surface area contributed by atoms with E-state index in [1.165, 1.54) is 12.1 Å². The molecular weight excluding hydrogens is 389 g/mol. The minimum Gasteiger partial charge on any atom is -0.406 e. The third kappa shape index (κ3) is 5.86. The molecule has 0 radical (unpaired) electrons. The lowest BCUT2D eigenvalue weighted by Gasteiger charge is -2.09. The molecule has 0 bridgehead atoms. The van der Waals surface area contributed by atoms with E-state index in [1.807, 2.05) is 36.4 Å². The van der Waals surface area contributed by atoms with Crippen molar-refractivity contribution in [2.45, 2.75) is 19.2 Å². The van der Waals surface area contributed by atoms with Crippen LogP contribution in [-0.2, 0) is 17.6 Å². The van der Waals surface area contributed by atoms with Crippen LogP contribution in [0.4, 0.5) is 13.2 Å². The molecule has 0 N–H and O–H groups in total. The Labute approximate surface area is 165 Å². The van der Waals surface area contributed by atoms with E-state index in [2.05, 4.69) is 4.74 Å². The first-order valence-corrected chi connectivity index (χ1v) is 8.87. The molecule has 0 saturated heterocycles. The van der Waals surface area contributed by atoms with E-state index < -0.39 is 6.36 Å². The van der Waals surface area contributed by atoms with E-state index in [0.29, 0.717) is 17.9 Å². The number of ketones is 1. The lowest BCUT2D eigenvalue weighted by atomic mass is 9.99. The van der Waals surface area contributed by atoms with Gasteiger partial charge in [0.25, 0.3) is 0 Å². The van der Waals surface area contributed by atoms with Gasteiger partial charge in [0, 0.05) is 17.9 Å². The molecule has 0 aromatic heterocycles. The van der Waals surface area contributed by atoms with Gasteiger partial charge in [-0.05, 0) is 46.5 Å². The van der Waals surface area contributed by atoms with Gasteiger partial charge in [-0.25, -0.2) is 0 Å². The van der Waals surface area contributed by atoms with Gasteiger partial charge in [0.15, 0.2) is 0 Å². The molecule has 0 unspecified atom stereocenters. The molecule has 6 heteroatoms. The number of rotatable bonds is 6. The van der Waals surface area contributed by atoms with E-state index in [0.717, 1.165) is 22.3 Å². The summed E-state index contributed by atoms with van der Waals surface area (Å²) in [4.78, 5) is 12.2. The maximum absolute atomic E-state index is 12.2. The van der Waals surface area contributed by atoms with Gasteiger partial charge in [-0.15, -0.1) is 13.2 Å².